The molecule has 0 saturated carbocycles. The SMILES string of the molecule is Cc1cc(C(=O)Nc2ccc(F)c(F)c2F)nc(Nc2cccc(F)c2)n1. The Morgan fingerprint density at radius 2 is 1.74 bits per heavy atom. The van der Waals surface area contributed by atoms with Gasteiger partial charge in [-0.2, -0.15) is 0 Å². The van der Waals surface area contributed by atoms with Crippen LogP contribution in [0, 0.1) is 30.2 Å². The number of aryl methyl sites for hydroxylation is 1. The van der Waals surface area contributed by atoms with Crippen molar-refractivity contribution in [3.8, 4) is 0 Å². The molecule has 1 heterocycles. The Morgan fingerprint density at radius 3 is 2.48 bits per heavy atom. The van der Waals surface area contributed by atoms with Crippen molar-refractivity contribution in [3.05, 3.63) is 77.1 Å². The molecule has 0 spiro atoms. The van der Waals surface area contributed by atoms with E-state index in [2.05, 4.69) is 20.6 Å². The van der Waals surface area contributed by atoms with E-state index >= 15 is 0 Å². The highest BCUT2D eigenvalue weighted by atomic mass is 19.2. The van der Waals surface area contributed by atoms with Crippen LogP contribution in [-0.2, 0) is 0 Å². The van der Waals surface area contributed by atoms with Gasteiger partial charge < -0.3 is 10.6 Å². The summed E-state index contributed by atoms with van der Waals surface area (Å²) in [6, 6.07) is 8.43. The molecule has 0 atom stereocenters. The molecule has 3 rings (SSSR count). The van der Waals surface area contributed by atoms with Crippen molar-refractivity contribution in [1.82, 2.24) is 9.97 Å². The summed E-state index contributed by atoms with van der Waals surface area (Å²) in [5.41, 5.74) is 0.0822. The second-order valence-corrected chi connectivity index (χ2v) is 5.53. The van der Waals surface area contributed by atoms with Gasteiger partial charge in [-0.15, -0.1) is 0 Å². The molecule has 3 aromatic rings. The molecule has 2 aromatic carbocycles. The first-order valence-electron chi connectivity index (χ1n) is 7.66. The molecule has 2 N–H and O–H groups in total. The van der Waals surface area contributed by atoms with Crippen LogP contribution < -0.4 is 10.6 Å². The van der Waals surface area contributed by atoms with Gasteiger partial charge in [0.1, 0.15) is 11.5 Å². The minimum Gasteiger partial charge on any atom is -0.324 e. The third kappa shape index (κ3) is 4.20. The van der Waals surface area contributed by atoms with Crippen LogP contribution >= 0.6 is 0 Å². The summed E-state index contributed by atoms with van der Waals surface area (Å²) in [4.78, 5) is 20.4. The predicted octanol–water partition coefficient (Wildman–Crippen LogP) is 4.34. The fourth-order valence-corrected chi connectivity index (χ4v) is 2.24. The van der Waals surface area contributed by atoms with Crippen LogP contribution in [0.4, 0.5) is 34.9 Å². The summed E-state index contributed by atoms with van der Waals surface area (Å²) < 4.78 is 53.2. The maximum absolute atomic E-state index is 13.7. The first kappa shape index (κ1) is 18.3. The fraction of sp³-hybridized carbons (Fsp3) is 0.0556. The van der Waals surface area contributed by atoms with Gasteiger partial charge in [0.2, 0.25) is 5.95 Å². The van der Waals surface area contributed by atoms with Gasteiger partial charge in [0.25, 0.3) is 5.91 Å². The third-order valence-corrected chi connectivity index (χ3v) is 3.45. The zero-order valence-electron chi connectivity index (χ0n) is 13.9. The summed E-state index contributed by atoms with van der Waals surface area (Å²) in [6.45, 7) is 1.59. The van der Waals surface area contributed by atoms with Crippen molar-refractivity contribution in [1.29, 1.82) is 0 Å². The van der Waals surface area contributed by atoms with E-state index < -0.39 is 34.9 Å². The minimum absolute atomic E-state index is 0.0107. The monoisotopic (exact) mass is 376 g/mol. The number of carbonyl (C=O) groups is 1. The molecule has 0 unspecified atom stereocenters. The molecule has 5 nitrogen and oxygen atoms in total. The zero-order valence-corrected chi connectivity index (χ0v) is 13.9. The predicted molar refractivity (Wildman–Crippen MR) is 90.7 cm³/mol. The molecule has 0 radical (unpaired) electrons. The first-order chi connectivity index (χ1) is 12.8. The minimum atomic E-state index is -1.69. The van der Waals surface area contributed by atoms with E-state index in [0.29, 0.717) is 17.4 Å². The molecular weight excluding hydrogens is 364 g/mol. The summed E-state index contributed by atoms with van der Waals surface area (Å²) in [5.74, 6) is -5.90. The molecule has 0 aliphatic carbocycles. The van der Waals surface area contributed by atoms with Crippen LogP contribution in [0.1, 0.15) is 16.2 Å². The maximum atomic E-state index is 13.7. The lowest BCUT2D eigenvalue weighted by molar-refractivity contribution is 0.102. The fourth-order valence-electron chi connectivity index (χ4n) is 2.24. The Labute approximate surface area is 151 Å². The standard InChI is InChI=1S/C18H12F4N4O/c1-9-7-14(17(27)25-13-6-5-12(20)15(21)16(13)22)26-18(23-9)24-11-4-2-3-10(19)8-11/h2-8H,1H3,(H,25,27)(H,23,24,26). The van der Waals surface area contributed by atoms with Gasteiger partial charge in [-0.05, 0) is 43.3 Å². The van der Waals surface area contributed by atoms with Crippen molar-refractivity contribution in [2.75, 3.05) is 10.6 Å². The summed E-state index contributed by atoms with van der Waals surface area (Å²) in [6.07, 6.45) is 0. The first-order valence-corrected chi connectivity index (χ1v) is 7.66. The maximum Gasteiger partial charge on any atom is 0.274 e. The molecule has 0 saturated heterocycles. The highest BCUT2D eigenvalue weighted by Crippen LogP contribution is 2.21. The Balaban J connectivity index is 1.85. The average molecular weight is 376 g/mol. The number of hydrogen-bond donors (Lipinski definition) is 2. The van der Waals surface area contributed by atoms with Crippen LogP contribution in [0.25, 0.3) is 0 Å². The Kier molecular flexibility index (Phi) is 5.02. The summed E-state index contributed by atoms with van der Waals surface area (Å²) >= 11 is 0. The van der Waals surface area contributed by atoms with Crippen LogP contribution in [0.3, 0.4) is 0 Å². The smallest absolute Gasteiger partial charge is 0.274 e. The quantitative estimate of drug-likeness (QED) is 0.525. The molecule has 1 amide bonds. The molecular formula is C18H12F4N4O. The zero-order chi connectivity index (χ0) is 19.6. The van der Waals surface area contributed by atoms with Gasteiger partial charge >= 0.3 is 0 Å². The van der Waals surface area contributed by atoms with Gasteiger partial charge in [0, 0.05) is 11.4 Å². The van der Waals surface area contributed by atoms with E-state index in [-0.39, 0.29) is 11.6 Å². The number of amides is 1. The Bertz CT molecular complexity index is 1030. The van der Waals surface area contributed by atoms with Crippen molar-refractivity contribution in [2.45, 2.75) is 6.92 Å². The number of carbonyl (C=O) groups excluding carboxylic acids is 1. The second-order valence-electron chi connectivity index (χ2n) is 5.53. The lowest BCUT2D eigenvalue weighted by atomic mass is 10.2. The number of hydrogen-bond acceptors (Lipinski definition) is 4. The van der Waals surface area contributed by atoms with E-state index in [1.54, 1.807) is 13.0 Å². The molecule has 138 valence electrons. The van der Waals surface area contributed by atoms with Gasteiger partial charge in [0.15, 0.2) is 17.5 Å². The highest BCUT2D eigenvalue weighted by molar-refractivity contribution is 6.03. The van der Waals surface area contributed by atoms with Crippen LogP contribution in [0.2, 0.25) is 0 Å². The van der Waals surface area contributed by atoms with E-state index in [0.717, 1.165) is 6.07 Å². The Hall–Kier alpha value is -3.49. The topological polar surface area (TPSA) is 66.9 Å². The number of anilines is 3. The molecule has 0 aliphatic rings. The highest BCUT2D eigenvalue weighted by Gasteiger charge is 2.17. The largest absolute Gasteiger partial charge is 0.324 e. The summed E-state index contributed by atoms with van der Waals surface area (Å²) in [7, 11) is 0. The second kappa shape index (κ2) is 7.40. The van der Waals surface area contributed by atoms with Crippen LogP contribution in [-0.4, -0.2) is 15.9 Å². The average Bonchev–Trinajstić information content (AvgIpc) is 2.61. The molecule has 0 aliphatic heterocycles. The van der Waals surface area contributed by atoms with Crippen LogP contribution in [0.5, 0.6) is 0 Å². The molecule has 1 aromatic heterocycles. The number of rotatable bonds is 4. The number of aromatic nitrogens is 2. The number of nitrogens with zero attached hydrogens (tertiary/aromatic N) is 2. The molecule has 0 bridgehead atoms. The van der Waals surface area contributed by atoms with Crippen LogP contribution in [0.15, 0.2) is 42.5 Å². The van der Waals surface area contributed by atoms with Gasteiger partial charge in [-0.25, -0.2) is 27.5 Å². The van der Waals surface area contributed by atoms with E-state index in [4.69, 9.17) is 0 Å². The van der Waals surface area contributed by atoms with Crippen molar-refractivity contribution in [3.63, 3.8) is 0 Å². The van der Waals surface area contributed by atoms with E-state index in [9.17, 15) is 22.4 Å². The van der Waals surface area contributed by atoms with E-state index in [1.165, 1.54) is 24.3 Å². The molecule has 0 fully saturated rings. The lowest BCUT2D eigenvalue weighted by Gasteiger charge is -2.10. The Morgan fingerprint density at radius 1 is 0.963 bits per heavy atom. The van der Waals surface area contributed by atoms with Crippen molar-refractivity contribution in [2.24, 2.45) is 0 Å². The number of nitrogens with one attached hydrogen (secondary N) is 2. The van der Waals surface area contributed by atoms with Gasteiger partial charge in [0.05, 0.1) is 5.69 Å². The van der Waals surface area contributed by atoms with Crippen molar-refractivity contribution < 1.29 is 22.4 Å². The molecule has 27 heavy (non-hydrogen) atoms. The lowest BCUT2D eigenvalue weighted by Crippen LogP contribution is -2.17. The number of halogens is 4. The molecule has 9 heteroatoms. The summed E-state index contributed by atoms with van der Waals surface area (Å²) in [5, 5.41) is 4.87. The van der Waals surface area contributed by atoms with E-state index in [1.807, 2.05) is 0 Å². The van der Waals surface area contributed by atoms with Gasteiger partial charge in [-0.3, -0.25) is 4.79 Å². The van der Waals surface area contributed by atoms with Crippen molar-refractivity contribution >= 4 is 23.2 Å². The third-order valence-electron chi connectivity index (χ3n) is 3.45. The van der Waals surface area contributed by atoms with Gasteiger partial charge in [-0.1, -0.05) is 6.07 Å². The normalized spacial score (nSPS) is 10.6. The number of benzene rings is 2.